The Balaban J connectivity index is 2.07. The zero-order valence-electron chi connectivity index (χ0n) is 11.6. The summed E-state index contributed by atoms with van der Waals surface area (Å²) in [6.07, 6.45) is 0. The molecule has 2 aromatic carbocycles. The summed E-state index contributed by atoms with van der Waals surface area (Å²) < 4.78 is 13.3. The van der Waals surface area contributed by atoms with Crippen LogP contribution in [0, 0.1) is 15.9 Å². The van der Waals surface area contributed by atoms with E-state index in [0.717, 1.165) is 0 Å². The molecule has 1 unspecified atom stereocenters. The number of nitro benzene ring substituents is 1. The number of carbonyl (C=O) groups is 1. The van der Waals surface area contributed by atoms with Gasteiger partial charge in [0.25, 0.3) is 5.69 Å². The molecule has 2 aromatic rings. The summed E-state index contributed by atoms with van der Waals surface area (Å²) in [4.78, 5) is 24.4. The van der Waals surface area contributed by atoms with Gasteiger partial charge < -0.3 is 0 Å². The molecule has 1 amide bonds. The molecule has 8 heteroatoms. The molecular weight excluding hydrogens is 343 g/mol. The van der Waals surface area contributed by atoms with Crippen LogP contribution in [0.5, 0.6) is 0 Å². The van der Waals surface area contributed by atoms with Gasteiger partial charge in [-0.2, -0.15) is 0 Å². The van der Waals surface area contributed by atoms with Gasteiger partial charge in [-0.1, -0.05) is 23.7 Å². The molecule has 3 rings (SSSR count). The van der Waals surface area contributed by atoms with Gasteiger partial charge in [0.05, 0.1) is 21.3 Å². The summed E-state index contributed by atoms with van der Waals surface area (Å²) in [6.45, 7) is 0. The summed E-state index contributed by atoms with van der Waals surface area (Å²) in [7, 11) is 0. The Kier molecular flexibility index (Phi) is 4.23. The predicted molar refractivity (Wildman–Crippen MR) is 87.2 cm³/mol. The van der Waals surface area contributed by atoms with Crippen LogP contribution >= 0.6 is 23.4 Å². The standard InChI is InChI=1S/C15H10ClFN2O3S/c16-11-7-9(5-6-12(11)17)18-14(20)8-23-15(18)10-3-1-2-4-13(10)19(21)22/h1-7,15H,8H2. The number of para-hydroxylation sites is 1. The Hall–Kier alpha value is -2.12. The number of amides is 1. The lowest BCUT2D eigenvalue weighted by Gasteiger charge is -2.24. The first kappa shape index (κ1) is 15.8. The van der Waals surface area contributed by atoms with E-state index in [0.29, 0.717) is 11.3 Å². The number of nitro groups is 1. The number of benzene rings is 2. The number of hydrogen-bond donors (Lipinski definition) is 0. The molecule has 0 aliphatic carbocycles. The predicted octanol–water partition coefficient (Wildman–Crippen LogP) is 4.17. The maximum Gasteiger partial charge on any atom is 0.275 e. The third kappa shape index (κ3) is 2.89. The third-order valence-electron chi connectivity index (χ3n) is 3.45. The molecule has 1 heterocycles. The van der Waals surface area contributed by atoms with Crippen molar-refractivity contribution in [2.24, 2.45) is 0 Å². The van der Waals surface area contributed by atoms with Crippen molar-refractivity contribution in [3.8, 4) is 0 Å². The van der Waals surface area contributed by atoms with Crippen LogP contribution in [0.25, 0.3) is 0 Å². The van der Waals surface area contributed by atoms with Crippen LogP contribution in [0.4, 0.5) is 15.8 Å². The van der Waals surface area contributed by atoms with Gasteiger partial charge >= 0.3 is 0 Å². The van der Waals surface area contributed by atoms with E-state index in [9.17, 15) is 19.3 Å². The highest BCUT2D eigenvalue weighted by Gasteiger charge is 2.37. The van der Waals surface area contributed by atoms with E-state index in [4.69, 9.17) is 11.6 Å². The molecule has 0 bridgehead atoms. The molecule has 1 aliphatic heterocycles. The Morgan fingerprint density at radius 3 is 2.74 bits per heavy atom. The fourth-order valence-electron chi connectivity index (χ4n) is 2.43. The van der Waals surface area contributed by atoms with Gasteiger partial charge in [0, 0.05) is 11.8 Å². The Labute approximate surface area is 140 Å². The number of rotatable bonds is 3. The molecule has 118 valence electrons. The van der Waals surface area contributed by atoms with Crippen molar-refractivity contribution in [3.05, 3.63) is 69.0 Å². The second-order valence-corrected chi connectivity index (χ2v) is 6.32. The minimum Gasteiger partial charge on any atom is -0.295 e. The van der Waals surface area contributed by atoms with Gasteiger partial charge in [-0.05, 0) is 24.3 Å². The van der Waals surface area contributed by atoms with Gasteiger partial charge in [0.2, 0.25) is 5.91 Å². The molecule has 1 aliphatic rings. The molecule has 5 nitrogen and oxygen atoms in total. The van der Waals surface area contributed by atoms with Crippen LogP contribution in [0.15, 0.2) is 42.5 Å². The maximum atomic E-state index is 13.3. The highest BCUT2D eigenvalue weighted by molar-refractivity contribution is 8.00. The maximum absolute atomic E-state index is 13.3. The van der Waals surface area contributed by atoms with Crippen molar-refractivity contribution in [3.63, 3.8) is 0 Å². The molecule has 1 fully saturated rings. The second-order valence-electron chi connectivity index (χ2n) is 4.84. The summed E-state index contributed by atoms with van der Waals surface area (Å²) in [6, 6.07) is 10.2. The van der Waals surface area contributed by atoms with Crippen LogP contribution in [-0.2, 0) is 4.79 Å². The quantitative estimate of drug-likeness (QED) is 0.614. The highest BCUT2D eigenvalue weighted by Crippen LogP contribution is 2.45. The van der Waals surface area contributed by atoms with Gasteiger partial charge in [0.15, 0.2) is 0 Å². The van der Waals surface area contributed by atoms with E-state index < -0.39 is 16.1 Å². The smallest absolute Gasteiger partial charge is 0.275 e. The number of nitrogens with zero attached hydrogens (tertiary/aromatic N) is 2. The molecule has 0 N–H and O–H groups in total. The normalized spacial score (nSPS) is 17.6. The summed E-state index contributed by atoms with van der Waals surface area (Å²) >= 11 is 7.07. The van der Waals surface area contributed by atoms with E-state index in [1.165, 1.54) is 40.9 Å². The van der Waals surface area contributed by atoms with Crippen molar-refractivity contribution in [2.45, 2.75) is 5.37 Å². The van der Waals surface area contributed by atoms with Gasteiger partial charge in [-0.3, -0.25) is 19.8 Å². The summed E-state index contributed by atoms with van der Waals surface area (Å²) in [5.74, 6) is -0.607. The van der Waals surface area contributed by atoms with Crippen LogP contribution in [0.1, 0.15) is 10.9 Å². The van der Waals surface area contributed by atoms with Crippen LogP contribution in [0.2, 0.25) is 5.02 Å². The Bertz CT molecular complexity index is 802. The monoisotopic (exact) mass is 352 g/mol. The fourth-order valence-corrected chi connectivity index (χ4v) is 3.81. The summed E-state index contributed by atoms with van der Waals surface area (Å²) in [5.41, 5.74) is 0.779. The zero-order chi connectivity index (χ0) is 16.6. The van der Waals surface area contributed by atoms with Crippen LogP contribution in [-0.4, -0.2) is 16.6 Å². The van der Waals surface area contributed by atoms with Crippen molar-refractivity contribution in [2.75, 3.05) is 10.7 Å². The molecule has 1 saturated heterocycles. The van der Waals surface area contributed by atoms with Gasteiger partial charge in [-0.15, -0.1) is 11.8 Å². The Morgan fingerprint density at radius 2 is 2.04 bits per heavy atom. The van der Waals surface area contributed by atoms with Crippen molar-refractivity contribution >= 4 is 40.6 Å². The average molecular weight is 353 g/mol. The minimum atomic E-state index is -0.586. The fraction of sp³-hybridized carbons (Fsp3) is 0.133. The lowest BCUT2D eigenvalue weighted by Crippen LogP contribution is -2.28. The highest BCUT2D eigenvalue weighted by atomic mass is 35.5. The molecule has 0 spiro atoms. The SMILES string of the molecule is O=C1CSC(c2ccccc2[N+](=O)[O-])N1c1ccc(F)c(Cl)c1. The van der Waals surface area contributed by atoms with E-state index in [1.54, 1.807) is 18.2 Å². The number of hydrogen-bond acceptors (Lipinski definition) is 4. The number of carbonyl (C=O) groups excluding carboxylic acids is 1. The lowest BCUT2D eigenvalue weighted by atomic mass is 10.1. The number of anilines is 1. The topological polar surface area (TPSA) is 63.4 Å². The first-order valence-electron chi connectivity index (χ1n) is 6.61. The largest absolute Gasteiger partial charge is 0.295 e. The van der Waals surface area contributed by atoms with Crippen molar-refractivity contribution < 1.29 is 14.1 Å². The lowest BCUT2D eigenvalue weighted by molar-refractivity contribution is -0.385. The zero-order valence-corrected chi connectivity index (χ0v) is 13.2. The molecule has 0 radical (unpaired) electrons. The van der Waals surface area contributed by atoms with Gasteiger partial charge in [0.1, 0.15) is 11.2 Å². The number of thioether (sulfide) groups is 1. The van der Waals surface area contributed by atoms with E-state index in [-0.39, 0.29) is 22.4 Å². The summed E-state index contributed by atoms with van der Waals surface area (Å²) in [5, 5.41) is 10.6. The van der Waals surface area contributed by atoms with E-state index in [2.05, 4.69) is 0 Å². The van der Waals surface area contributed by atoms with E-state index >= 15 is 0 Å². The molecule has 0 aromatic heterocycles. The third-order valence-corrected chi connectivity index (χ3v) is 4.93. The van der Waals surface area contributed by atoms with Crippen LogP contribution in [0.3, 0.4) is 0 Å². The van der Waals surface area contributed by atoms with Gasteiger partial charge in [-0.25, -0.2) is 4.39 Å². The average Bonchev–Trinajstić information content (AvgIpc) is 2.91. The first-order chi connectivity index (χ1) is 11.0. The molecular formula is C15H10ClFN2O3S. The molecule has 1 atom stereocenters. The van der Waals surface area contributed by atoms with Crippen molar-refractivity contribution in [1.82, 2.24) is 0 Å². The van der Waals surface area contributed by atoms with Crippen LogP contribution < -0.4 is 4.90 Å². The Morgan fingerprint density at radius 1 is 1.30 bits per heavy atom. The molecule has 0 saturated carbocycles. The van der Waals surface area contributed by atoms with E-state index in [1.807, 2.05) is 0 Å². The van der Waals surface area contributed by atoms with Crippen molar-refractivity contribution in [1.29, 1.82) is 0 Å². The number of halogens is 2. The molecule has 23 heavy (non-hydrogen) atoms. The first-order valence-corrected chi connectivity index (χ1v) is 8.03. The second kappa shape index (κ2) is 6.17. The minimum absolute atomic E-state index is 0.0575.